The van der Waals surface area contributed by atoms with E-state index in [0.717, 1.165) is 12.3 Å². The normalized spacial score (nSPS) is 28.7. The van der Waals surface area contributed by atoms with Gasteiger partial charge in [0.1, 0.15) is 0 Å². The third-order valence-electron chi connectivity index (χ3n) is 4.55. The van der Waals surface area contributed by atoms with E-state index in [4.69, 9.17) is 0 Å². The Balaban J connectivity index is 0.00000200. The highest BCUT2D eigenvalue weighted by Gasteiger charge is 2.28. The van der Waals surface area contributed by atoms with Crippen LogP contribution in [0.25, 0.3) is 0 Å². The van der Waals surface area contributed by atoms with E-state index in [-0.39, 0.29) is 36.5 Å². The lowest BCUT2D eigenvalue weighted by Crippen LogP contribution is -2.44. The van der Waals surface area contributed by atoms with E-state index in [0.29, 0.717) is 13.0 Å². The molecule has 4 nitrogen and oxygen atoms in total. The van der Waals surface area contributed by atoms with Gasteiger partial charge in [-0.25, -0.2) is 0 Å². The Bertz CT molecular complexity index is 296. The summed E-state index contributed by atoms with van der Waals surface area (Å²) in [6.07, 6.45) is 9.40. The van der Waals surface area contributed by atoms with E-state index in [2.05, 4.69) is 17.6 Å². The molecule has 2 rings (SSSR count). The van der Waals surface area contributed by atoms with Crippen molar-refractivity contribution in [2.24, 2.45) is 5.92 Å². The number of carbonyl (C=O) groups is 1. The van der Waals surface area contributed by atoms with E-state index < -0.39 is 0 Å². The first-order valence-corrected chi connectivity index (χ1v) is 7.87. The molecule has 0 aromatic heterocycles. The Morgan fingerprint density at radius 1 is 1.35 bits per heavy atom. The molecular weight excluding hydrogens is 276 g/mol. The van der Waals surface area contributed by atoms with Gasteiger partial charge in [0, 0.05) is 12.6 Å². The number of rotatable bonds is 5. The lowest BCUT2D eigenvalue weighted by molar-refractivity contribution is -0.123. The fourth-order valence-corrected chi connectivity index (χ4v) is 3.29. The summed E-state index contributed by atoms with van der Waals surface area (Å²) < 4.78 is 0. The van der Waals surface area contributed by atoms with Crippen LogP contribution in [0.3, 0.4) is 0 Å². The fourth-order valence-electron chi connectivity index (χ4n) is 3.29. The van der Waals surface area contributed by atoms with Crippen molar-refractivity contribution in [1.82, 2.24) is 10.6 Å². The standard InChI is InChI=1S/C15H28N2O2.ClH/c1-11(7-8-12-5-3-2-4-6-12)17-15(19)14-9-13(18)10-16-14;/h11-14,16,18H,2-10H2,1H3,(H,17,19);1H. The number of halogens is 1. The number of β-amino-alcohol motifs (C(OH)–C–C–N with tert-alkyl or cyclic N) is 1. The molecule has 1 saturated carbocycles. The van der Waals surface area contributed by atoms with Crippen molar-refractivity contribution >= 4 is 18.3 Å². The molecule has 0 radical (unpaired) electrons. The minimum Gasteiger partial charge on any atom is -0.392 e. The van der Waals surface area contributed by atoms with Crippen molar-refractivity contribution in [3.63, 3.8) is 0 Å². The van der Waals surface area contributed by atoms with Crippen molar-refractivity contribution in [2.45, 2.75) is 76.5 Å². The van der Waals surface area contributed by atoms with Crippen LogP contribution in [0.2, 0.25) is 0 Å². The maximum atomic E-state index is 12.0. The lowest BCUT2D eigenvalue weighted by atomic mass is 9.85. The molecular formula is C15H29ClN2O2. The summed E-state index contributed by atoms with van der Waals surface area (Å²) in [4.78, 5) is 12.0. The van der Waals surface area contributed by atoms with Gasteiger partial charge in [0.25, 0.3) is 0 Å². The van der Waals surface area contributed by atoms with Crippen LogP contribution in [-0.4, -0.2) is 35.7 Å². The van der Waals surface area contributed by atoms with Gasteiger partial charge in [0.05, 0.1) is 12.1 Å². The van der Waals surface area contributed by atoms with E-state index in [9.17, 15) is 9.90 Å². The number of hydrogen-bond donors (Lipinski definition) is 3. The molecule has 0 bridgehead atoms. The maximum Gasteiger partial charge on any atom is 0.237 e. The molecule has 1 amide bonds. The summed E-state index contributed by atoms with van der Waals surface area (Å²) in [7, 11) is 0. The first-order valence-electron chi connectivity index (χ1n) is 7.87. The number of aliphatic hydroxyl groups excluding tert-OH is 1. The zero-order chi connectivity index (χ0) is 13.7. The molecule has 20 heavy (non-hydrogen) atoms. The average molecular weight is 305 g/mol. The maximum absolute atomic E-state index is 12.0. The largest absolute Gasteiger partial charge is 0.392 e. The van der Waals surface area contributed by atoms with E-state index in [1.54, 1.807) is 0 Å². The van der Waals surface area contributed by atoms with E-state index in [1.165, 1.54) is 38.5 Å². The van der Waals surface area contributed by atoms with Crippen LogP contribution < -0.4 is 10.6 Å². The molecule has 2 aliphatic rings. The second-order valence-electron chi connectivity index (χ2n) is 6.34. The zero-order valence-electron chi connectivity index (χ0n) is 12.4. The quantitative estimate of drug-likeness (QED) is 0.728. The van der Waals surface area contributed by atoms with Gasteiger partial charge in [-0.05, 0) is 32.1 Å². The van der Waals surface area contributed by atoms with Crippen LogP contribution in [0.4, 0.5) is 0 Å². The number of carbonyl (C=O) groups excluding carboxylic acids is 1. The first-order chi connectivity index (χ1) is 9.15. The molecule has 5 heteroatoms. The summed E-state index contributed by atoms with van der Waals surface area (Å²) in [5.74, 6) is 0.923. The van der Waals surface area contributed by atoms with Gasteiger partial charge in [-0.3, -0.25) is 4.79 Å². The Kier molecular flexibility index (Phi) is 7.85. The monoisotopic (exact) mass is 304 g/mol. The molecule has 0 aromatic rings. The van der Waals surface area contributed by atoms with Crippen molar-refractivity contribution < 1.29 is 9.90 Å². The highest BCUT2D eigenvalue weighted by atomic mass is 35.5. The molecule has 0 aromatic carbocycles. The van der Waals surface area contributed by atoms with Crippen LogP contribution >= 0.6 is 12.4 Å². The highest BCUT2D eigenvalue weighted by Crippen LogP contribution is 2.27. The van der Waals surface area contributed by atoms with Gasteiger partial charge in [0.15, 0.2) is 0 Å². The summed E-state index contributed by atoms with van der Waals surface area (Å²) in [5.41, 5.74) is 0. The smallest absolute Gasteiger partial charge is 0.237 e. The van der Waals surface area contributed by atoms with Gasteiger partial charge in [-0.1, -0.05) is 32.1 Å². The average Bonchev–Trinajstić information content (AvgIpc) is 2.84. The summed E-state index contributed by atoms with van der Waals surface area (Å²) >= 11 is 0. The van der Waals surface area contributed by atoms with Gasteiger partial charge >= 0.3 is 0 Å². The predicted octanol–water partition coefficient (Wildman–Crippen LogP) is 2.00. The van der Waals surface area contributed by atoms with Crippen molar-refractivity contribution in [3.8, 4) is 0 Å². The molecule has 1 aliphatic carbocycles. The third-order valence-corrected chi connectivity index (χ3v) is 4.55. The van der Waals surface area contributed by atoms with Crippen molar-refractivity contribution in [2.75, 3.05) is 6.54 Å². The highest BCUT2D eigenvalue weighted by molar-refractivity contribution is 5.85. The number of nitrogens with one attached hydrogen (secondary N) is 2. The fraction of sp³-hybridized carbons (Fsp3) is 0.933. The first kappa shape index (κ1) is 17.7. The van der Waals surface area contributed by atoms with E-state index >= 15 is 0 Å². The number of hydrogen-bond acceptors (Lipinski definition) is 3. The van der Waals surface area contributed by atoms with Crippen LogP contribution in [-0.2, 0) is 4.79 Å². The van der Waals surface area contributed by atoms with Crippen LogP contribution in [0, 0.1) is 5.92 Å². The van der Waals surface area contributed by atoms with Crippen molar-refractivity contribution in [1.29, 1.82) is 0 Å². The third kappa shape index (κ3) is 5.58. The van der Waals surface area contributed by atoms with Crippen LogP contribution in [0.15, 0.2) is 0 Å². The summed E-state index contributed by atoms with van der Waals surface area (Å²) in [6.45, 7) is 2.63. The zero-order valence-corrected chi connectivity index (χ0v) is 13.3. The van der Waals surface area contributed by atoms with Crippen LogP contribution in [0.5, 0.6) is 0 Å². The van der Waals surface area contributed by atoms with Gasteiger partial charge < -0.3 is 15.7 Å². The summed E-state index contributed by atoms with van der Waals surface area (Å²) in [6, 6.07) is 0.0427. The van der Waals surface area contributed by atoms with Crippen molar-refractivity contribution in [3.05, 3.63) is 0 Å². The molecule has 3 N–H and O–H groups in total. The Labute approximate surface area is 128 Å². The molecule has 1 saturated heterocycles. The lowest BCUT2D eigenvalue weighted by Gasteiger charge is -2.24. The Morgan fingerprint density at radius 2 is 2.05 bits per heavy atom. The number of aliphatic hydroxyl groups is 1. The predicted molar refractivity (Wildman–Crippen MR) is 83.1 cm³/mol. The molecule has 118 valence electrons. The topological polar surface area (TPSA) is 61.4 Å². The van der Waals surface area contributed by atoms with Gasteiger partial charge in [-0.15, -0.1) is 12.4 Å². The Morgan fingerprint density at radius 3 is 2.65 bits per heavy atom. The van der Waals surface area contributed by atoms with Crippen LogP contribution in [0.1, 0.15) is 58.3 Å². The molecule has 1 aliphatic heterocycles. The Hall–Kier alpha value is -0.320. The molecule has 3 atom stereocenters. The molecule has 2 fully saturated rings. The minimum absolute atomic E-state index is 0. The SMILES string of the molecule is CC(CCC1CCCCC1)NC(=O)C1CC(O)CN1.Cl. The second kappa shape index (κ2) is 8.85. The molecule has 0 spiro atoms. The minimum atomic E-state index is -0.367. The van der Waals surface area contributed by atoms with Gasteiger partial charge in [0.2, 0.25) is 5.91 Å². The second-order valence-corrected chi connectivity index (χ2v) is 6.34. The summed E-state index contributed by atoms with van der Waals surface area (Å²) in [5, 5.41) is 15.5. The molecule has 3 unspecified atom stereocenters. The van der Waals surface area contributed by atoms with E-state index in [1.807, 2.05) is 0 Å². The molecule has 1 heterocycles. The van der Waals surface area contributed by atoms with Gasteiger partial charge in [-0.2, -0.15) is 0 Å². The number of amides is 1.